The molecule has 0 saturated heterocycles. The van der Waals surface area contributed by atoms with Gasteiger partial charge in [0, 0.05) is 0 Å². The summed E-state index contributed by atoms with van der Waals surface area (Å²) in [5, 5.41) is 0. The minimum absolute atomic E-state index is 1.03. The van der Waals surface area contributed by atoms with Gasteiger partial charge in [0.25, 0.3) is 4.59 Å². The molecular weight excluding hydrogens is 180 g/mol. The molecule has 0 aromatic carbocycles. The summed E-state index contributed by atoms with van der Waals surface area (Å²) in [5.41, 5.74) is 0. The van der Waals surface area contributed by atoms with E-state index in [0.717, 1.165) is 0 Å². The first-order valence-electron chi connectivity index (χ1n) is 1.88. The summed E-state index contributed by atoms with van der Waals surface area (Å²) in [5.74, 6) is 0. The highest BCUT2D eigenvalue weighted by atomic mass is 35.5. The standard InChI is InChI=1S/C3H3Cl2F3O/c4-3(5,8)1-9-2(6)7/h2H,1H2. The average Bonchev–Trinajstić information content (AvgIpc) is 1.59. The quantitative estimate of drug-likeness (QED) is 0.610. The number of halogens is 5. The van der Waals surface area contributed by atoms with Gasteiger partial charge in [0.1, 0.15) is 6.61 Å². The molecule has 0 unspecified atom stereocenters. The van der Waals surface area contributed by atoms with Crippen molar-refractivity contribution in [2.45, 2.75) is 11.2 Å². The second-order valence-electron chi connectivity index (χ2n) is 1.19. The predicted molar refractivity (Wildman–Crippen MR) is 27.5 cm³/mol. The summed E-state index contributed by atoms with van der Waals surface area (Å²) in [6, 6.07) is 0. The normalized spacial score (nSPS) is 12.7. The van der Waals surface area contributed by atoms with Gasteiger partial charge in [-0.15, -0.1) is 0 Å². The Kier molecular flexibility index (Phi) is 3.61. The third kappa shape index (κ3) is 8.33. The van der Waals surface area contributed by atoms with E-state index in [1.807, 2.05) is 0 Å². The van der Waals surface area contributed by atoms with Gasteiger partial charge in [-0.2, -0.15) is 8.78 Å². The van der Waals surface area contributed by atoms with Gasteiger partial charge in [-0.1, -0.05) is 23.2 Å². The van der Waals surface area contributed by atoms with Crippen LogP contribution < -0.4 is 0 Å². The van der Waals surface area contributed by atoms with Gasteiger partial charge in [0.05, 0.1) is 0 Å². The van der Waals surface area contributed by atoms with Crippen LogP contribution in [-0.2, 0) is 4.74 Å². The topological polar surface area (TPSA) is 9.23 Å². The Morgan fingerprint density at radius 3 is 2.00 bits per heavy atom. The second-order valence-corrected chi connectivity index (χ2v) is 2.58. The first-order valence-corrected chi connectivity index (χ1v) is 2.64. The van der Waals surface area contributed by atoms with Crippen LogP contribution in [0.1, 0.15) is 0 Å². The van der Waals surface area contributed by atoms with Crippen LogP contribution >= 0.6 is 23.2 Å². The number of rotatable bonds is 3. The van der Waals surface area contributed by atoms with Crippen molar-refractivity contribution >= 4 is 23.2 Å². The highest BCUT2D eigenvalue weighted by Gasteiger charge is 2.24. The molecule has 6 heteroatoms. The number of alkyl halides is 5. The smallest absolute Gasteiger partial charge is 0.317 e. The summed E-state index contributed by atoms with van der Waals surface area (Å²) < 4.78 is 34.6. The van der Waals surface area contributed by atoms with Crippen molar-refractivity contribution in [3.8, 4) is 0 Å². The Balaban J connectivity index is 3.28. The van der Waals surface area contributed by atoms with Gasteiger partial charge in [0.15, 0.2) is 0 Å². The van der Waals surface area contributed by atoms with Crippen LogP contribution in [0.2, 0.25) is 0 Å². The van der Waals surface area contributed by atoms with Crippen LogP contribution in [0.3, 0.4) is 0 Å². The average molecular weight is 183 g/mol. The van der Waals surface area contributed by atoms with Gasteiger partial charge in [0.2, 0.25) is 0 Å². The van der Waals surface area contributed by atoms with Gasteiger partial charge < -0.3 is 4.74 Å². The van der Waals surface area contributed by atoms with E-state index in [0.29, 0.717) is 0 Å². The van der Waals surface area contributed by atoms with Crippen molar-refractivity contribution < 1.29 is 17.9 Å². The fraction of sp³-hybridized carbons (Fsp3) is 1.00. The lowest BCUT2D eigenvalue weighted by Gasteiger charge is -2.07. The van der Waals surface area contributed by atoms with Crippen LogP contribution in [0.5, 0.6) is 0 Å². The lowest BCUT2D eigenvalue weighted by Crippen LogP contribution is -2.16. The van der Waals surface area contributed by atoms with Crippen molar-refractivity contribution in [2.75, 3.05) is 6.61 Å². The second kappa shape index (κ2) is 3.49. The summed E-state index contributed by atoms with van der Waals surface area (Å²) in [7, 11) is 0. The van der Waals surface area contributed by atoms with Crippen LogP contribution in [0.4, 0.5) is 13.2 Å². The van der Waals surface area contributed by atoms with E-state index in [1.165, 1.54) is 0 Å². The molecule has 0 fully saturated rings. The fourth-order valence-corrected chi connectivity index (χ4v) is 0.283. The Hall–Kier alpha value is 0.330. The lowest BCUT2D eigenvalue weighted by atomic mass is 10.8. The predicted octanol–water partition coefficient (Wildman–Crippen LogP) is 2.33. The largest absolute Gasteiger partial charge is 0.345 e. The maximum absolute atomic E-state index is 11.8. The molecule has 0 radical (unpaired) electrons. The van der Waals surface area contributed by atoms with E-state index in [-0.39, 0.29) is 0 Å². The van der Waals surface area contributed by atoms with Crippen LogP contribution in [-0.4, -0.2) is 17.8 Å². The first-order chi connectivity index (χ1) is 3.92. The van der Waals surface area contributed by atoms with E-state index in [2.05, 4.69) is 27.9 Å². The van der Waals surface area contributed by atoms with Crippen molar-refractivity contribution in [3.05, 3.63) is 0 Å². The van der Waals surface area contributed by atoms with Crippen molar-refractivity contribution in [3.63, 3.8) is 0 Å². The first kappa shape index (κ1) is 9.33. The zero-order chi connectivity index (χ0) is 7.49. The number of ether oxygens (including phenoxy) is 1. The monoisotopic (exact) mass is 182 g/mol. The Morgan fingerprint density at radius 2 is 1.89 bits per heavy atom. The molecule has 0 rings (SSSR count). The molecule has 0 aliphatic rings. The van der Waals surface area contributed by atoms with E-state index in [1.54, 1.807) is 0 Å². The minimum Gasteiger partial charge on any atom is -0.317 e. The third-order valence-corrected chi connectivity index (χ3v) is 0.591. The molecule has 0 aliphatic carbocycles. The van der Waals surface area contributed by atoms with E-state index < -0.39 is 17.8 Å². The van der Waals surface area contributed by atoms with Gasteiger partial charge >= 0.3 is 6.61 Å². The van der Waals surface area contributed by atoms with Gasteiger partial charge in [-0.25, -0.2) is 4.39 Å². The zero-order valence-corrected chi connectivity index (χ0v) is 5.59. The maximum atomic E-state index is 11.8. The van der Waals surface area contributed by atoms with Crippen LogP contribution in [0, 0.1) is 0 Å². The molecule has 0 aliphatic heterocycles. The molecule has 9 heavy (non-hydrogen) atoms. The summed E-state index contributed by atoms with van der Waals surface area (Å²) in [4.78, 5) is 0. The molecule has 0 saturated carbocycles. The Bertz CT molecular complexity index is 81.6. The Morgan fingerprint density at radius 1 is 1.44 bits per heavy atom. The molecule has 0 aromatic rings. The zero-order valence-electron chi connectivity index (χ0n) is 4.08. The van der Waals surface area contributed by atoms with E-state index in [9.17, 15) is 13.2 Å². The van der Waals surface area contributed by atoms with E-state index in [4.69, 9.17) is 0 Å². The van der Waals surface area contributed by atoms with Crippen LogP contribution in [0.25, 0.3) is 0 Å². The summed E-state index contributed by atoms with van der Waals surface area (Å²) in [6.07, 6.45) is 0. The summed E-state index contributed by atoms with van der Waals surface area (Å²) >= 11 is 9.24. The number of hydrogen-bond donors (Lipinski definition) is 0. The van der Waals surface area contributed by atoms with Crippen molar-refractivity contribution in [1.82, 2.24) is 0 Å². The van der Waals surface area contributed by atoms with Crippen LogP contribution in [0.15, 0.2) is 0 Å². The molecule has 0 N–H and O–H groups in total. The highest BCUT2D eigenvalue weighted by molar-refractivity contribution is 6.47. The minimum atomic E-state index is -3.04. The highest BCUT2D eigenvalue weighted by Crippen LogP contribution is 2.22. The van der Waals surface area contributed by atoms with Crippen molar-refractivity contribution in [2.24, 2.45) is 0 Å². The molecule has 0 aromatic heterocycles. The molecular formula is C3H3Cl2F3O. The summed E-state index contributed by atoms with van der Waals surface area (Å²) in [6.45, 7) is -4.08. The third-order valence-electron chi connectivity index (χ3n) is 0.373. The van der Waals surface area contributed by atoms with E-state index >= 15 is 0 Å². The SMILES string of the molecule is FC(F)OCC(F)(Cl)Cl. The van der Waals surface area contributed by atoms with Gasteiger partial charge in [-0.3, -0.25) is 0 Å². The maximum Gasteiger partial charge on any atom is 0.345 e. The molecule has 0 bridgehead atoms. The molecule has 0 amide bonds. The fourth-order valence-electron chi connectivity index (χ4n) is 0.157. The molecule has 0 heterocycles. The van der Waals surface area contributed by atoms with Gasteiger partial charge in [-0.05, 0) is 0 Å². The molecule has 0 spiro atoms. The molecule has 0 atom stereocenters. The van der Waals surface area contributed by atoms with Crippen molar-refractivity contribution in [1.29, 1.82) is 0 Å². The number of hydrogen-bond acceptors (Lipinski definition) is 1. The molecule has 56 valence electrons. The lowest BCUT2D eigenvalue weighted by molar-refractivity contribution is -0.137. The molecule has 1 nitrogen and oxygen atoms in total. The Labute approximate surface area is 59.7 Å².